The molecule has 2 N–H and O–H groups in total. The number of aromatic nitrogens is 2. The van der Waals surface area contributed by atoms with Crippen molar-refractivity contribution in [2.45, 2.75) is 26.2 Å². The normalized spacial score (nSPS) is 13.7. The third-order valence-electron chi connectivity index (χ3n) is 3.36. The average Bonchev–Trinajstić information content (AvgIpc) is 2.78. The first kappa shape index (κ1) is 10.3. The number of nitrogen functional groups attached to an aromatic ring is 1. The number of nitrogens with zero attached hydrogens (tertiary/aromatic N) is 2. The molecule has 3 nitrogen and oxygen atoms in total. The zero-order chi connectivity index (χ0) is 11.8. The molecular formula is C14H15N3. The monoisotopic (exact) mass is 225 g/mol. The van der Waals surface area contributed by atoms with E-state index in [0.717, 1.165) is 35.3 Å². The van der Waals surface area contributed by atoms with Crippen molar-refractivity contribution < 1.29 is 0 Å². The van der Waals surface area contributed by atoms with Crippen molar-refractivity contribution in [1.29, 1.82) is 0 Å². The van der Waals surface area contributed by atoms with E-state index in [2.05, 4.69) is 16.0 Å². The predicted octanol–water partition coefficient (Wildman–Crippen LogP) is 2.52. The maximum absolute atomic E-state index is 6.26. The van der Waals surface area contributed by atoms with Crippen LogP contribution in [0, 0.1) is 6.92 Å². The minimum atomic E-state index is 0.901. The molecule has 86 valence electrons. The van der Waals surface area contributed by atoms with Crippen molar-refractivity contribution in [2.75, 3.05) is 5.73 Å². The fraction of sp³-hybridized carbons (Fsp3) is 0.286. The first-order valence-electron chi connectivity index (χ1n) is 5.95. The molecule has 0 aliphatic heterocycles. The third kappa shape index (κ3) is 1.68. The molecule has 0 amide bonds. The summed E-state index contributed by atoms with van der Waals surface area (Å²) in [5.41, 5.74) is 12.7. The molecule has 0 atom stereocenters. The van der Waals surface area contributed by atoms with Gasteiger partial charge >= 0.3 is 0 Å². The predicted molar refractivity (Wildman–Crippen MR) is 68.6 cm³/mol. The highest BCUT2D eigenvalue weighted by Crippen LogP contribution is 2.33. The fourth-order valence-electron chi connectivity index (χ4n) is 2.48. The van der Waals surface area contributed by atoms with Crippen LogP contribution in [0.1, 0.15) is 23.4 Å². The van der Waals surface area contributed by atoms with Crippen LogP contribution in [0.4, 0.5) is 5.69 Å². The van der Waals surface area contributed by atoms with Gasteiger partial charge in [-0.05, 0) is 49.4 Å². The summed E-state index contributed by atoms with van der Waals surface area (Å²) in [5, 5.41) is 0. The second-order valence-electron chi connectivity index (χ2n) is 4.55. The van der Waals surface area contributed by atoms with E-state index >= 15 is 0 Å². The molecule has 0 fully saturated rings. The molecule has 0 saturated heterocycles. The van der Waals surface area contributed by atoms with E-state index in [1.807, 2.05) is 25.4 Å². The summed E-state index contributed by atoms with van der Waals surface area (Å²) >= 11 is 0. The van der Waals surface area contributed by atoms with Crippen LogP contribution < -0.4 is 5.73 Å². The number of pyridine rings is 2. The molecule has 2 aromatic heterocycles. The molecule has 1 aliphatic carbocycles. The highest BCUT2D eigenvalue weighted by molar-refractivity contribution is 5.78. The van der Waals surface area contributed by atoms with Crippen LogP contribution in [-0.4, -0.2) is 9.97 Å². The van der Waals surface area contributed by atoms with Crippen molar-refractivity contribution >= 4 is 5.69 Å². The lowest BCUT2D eigenvalue weighted by molar-refractivity contribution is 0.900. The molecule has 2 aromatic rings. The zero-order valence-corrected chi connectivity index (χ0v) is 9.90. The summed E-state index contributed by atoms with van der Waals surface area (Å²) in [5.74, 6) is 0. The molecule has 0 unspecified atom stereocenters. The molecule has 3 heteroatoms. The maximum Gasteiger partial charge on any atom is 0.0460 e. The van der Waals surface area contributed by atoms with Crippen molar-refractivity contribution in [1.82, 2.24) is 9.97 Å². The molecule has 0 aromatic carbocycles. The standard InChI is InChI=1S/C14H15N3/c1-9-7-10(5-6-16-9)12-8-17-13-4-2-3-11(13)14(12)15/h5-8H,2-4H2,1H3,(H2,15,17). The Hall–Kier alpha value is -1.90. The van der Waals surface area contributed by atoms with E-state index in [1.54, 1.807) is 0 Å². The topological polar surface area (TPSA) is 51.8 Å². The Bertz CT molecular complexity index is 576. The fourth-order valence-corrected chi connectivity index (χ4v) is 2.48. The summed E-state index contributed by atoms with van der Waals surface area (Å²) in [7, 11) is 0. The van der Waals surface area contributed by atoms with Crippen molar-refractivity contribution in [3.05, 3.63) is 41.5 Å². The number of hydrogen-bond donors (Lipinski definition) is 1. The van der Waals surface area contributed by atoms with Crippen LogP contribution >= 0.6 is 0 Å². The van der Waals surface area contributed by atoms with E-state index in [1.165, 1.54) is 17.7 Å². The molecule has 0 bridgehead atoms. The number of aryl methyl sites for hydroxylation is 2. The molecule has 1 aliphatic rings. The first-order chi connectivity index (χ1) is 8.25. The van der Waals surface area contributed by atoms with Gasteiger partial charge in [-0.2, -0.15) is 0 Å². The summed E-state index contributed by atoms with van der Waals surface area (Å²) in [6.07, 6.45) is 7.01. The molecule has 0 radical (unpaired) electrons. The van der Waals surface area contributed by atoms with Gasteiger partial charge in [-0.1, -0.05) is 0 Å². The molecule has 0 spiro atoms. The van der Waals surface area contributed by atoms with Crippen molar-refractivity contribution in [3.8, 4) is 11.1 Å². The van der Waals surface area contributed by atoms with Gasteiger partial charge in [-0.25, -0.2) is 0 Å². The summed E-state index contributed by atoms with van der Waals surface area (Å²) in [6, 6.07) is 4.04. The van der Waals surface area contributed by atoms with Gasteiger partial charge in [-0.15, -0.1) is 0 Å². The van der Waals surface area contributed by atoms with Crippen LogP contribution in [0.3, 0.4) is 0 Å². The van der Waals surface area contributed by atoms with Crippen LogP contribution in [0.2, 0.25) is 0 Å². The Kier molecular flexibility index (Phi) is 2.32. The second kappa shape index (κ2) is 3.84. The second-order valence-corrected chi connectivity index (χ2v) is 4.55. The number of hydrogen-bond acceptors (Lipinski definition) is 3. The smallest absolute Gasteiger partial charge is 0.0460 e. The molecular weight excluding hydrogens is 210 g/mol. The van der Waals surface area contributed by atoms with Gasteiger partial charge in [0.15, 0.2) is 0 Å². The SMILES string of the molecule is Cc1cc(-c2cnc3c(c2N)CCC3)ccn1. The van der Waals surface area contributed by atoms with Crippen LogP contribution in [0.25, 0.3) is 11.1 Å². The van der Waals surface area contributed by atoms with Crippen molar-refractivity contribution in [3.63, 3.8) is 0 Å². The molecule has 0 saturated carbocycles. The van der Waals surface area contributed by atoms with E-state index in [0.29, 0.717) is 0 Å². The third-order valence-corrected chi connectivity index (χ3v) is 3.36. The molecule has 2 heterocycles. The minimum Gasteiger partial charge on any atom is -0.398 e. The van der Waals surface area contributed by atoms with E-state index < -0.39 is 0 Å². The Morgan fingerprint density at radius 2 is 2.12 bits per heavy atom. The van der Waals surface area contributed by atoms with E-state index in [9.17, 15) is 0 Å². The van der Waals surface area contributed by atoms with Crippen LogP contribution in [0.5, 0.6) is 0 Å². The Morgan fingerprint density at radius 1 is 1.24 bits per heavy atom. The van der Waals surface area contributed by atoms with Gasteiger partial charge in [0.05, 0.1) is 0 Å². The van der Waals surface area contributed by atoms with E-state index in [-0.39, 0.29) is 0 Å². The van der Waals surface area contributed by atoms with Crippen LogP contribution in [0.15, 0.2) is 24.5 Å². The minimum absolute atomic E-state index is 0.901. The Balaban J connectivity index is 2.16. The Morgan fingerprint density at radius 3 is 2.94 bits per heavy atom. The van der Waals surface area contributed by atoms with Crippen LogP contribution in [-0.2, 0) is 12.8 Å². The largest absolute Gasteiger partial charge is 0.398 e. The Labute approximate surface area is 101 Å². The number of rotatable bonds is 1. The van der Waals surface area contributed by atoms with Gasteiger partial charge in [-0.3, -0.25) is 9.97 Å². The summed E-state index contributed by atoms with van der Waals surface area (Å²) in [6.45, 7) is 1.99. The van der Waals surface area contributed by atoms with Gasteiger partial charge in [0, 0.05) is 35.0 Å². The van der Waals surface area contributed by atoms with Gasteiger partial charge in [0.2, 0.25) is 0 Å². The number of anilines is 1. The maximum atomic E-state index is 6.26. The van der Waals surface area contributed by atoms with E-state index in [4.69, 9.17) is 5.73 Å². The van der Waals surface area contributed by atoms with Gasteiger partial charge in [0.25, 0.3) is 0 Å². The highest BCUT2D eigenvalue weighted by atomic mass is 14.7. The zero-order valence-electron chi connectivity index (χ0n) is 9.90. The first-order valence-corrected chi connectivity index (χ1v) is 5.95. The van der Waals surface area contributed by atoms with Crippen molar-refractivity contribution in [2.24, 2.45) is 0 Å². The summed E-state index contributed by atoms with van der Waals surface area (Å²) < 4.78 is 0. The number of fused-ring (bicyclic) bond motifs is 1. The molecule has 3 rings (SSSR count). The summed E-state index contributed by atoms with van der Waals surface area (Å²) in [4.78, 5) is 8.73. The number of nitrogens with two attached hydrogens (primary N) is 1. The molecule has 17 heavy (non-hydrogen) atoms. The lowest BCUT2D eigenvalue weighted by atomic mass is 10.0. The lowest BCUT2D eigenvalue weighted by Crippen LogP contribution is -1.99. The van der Waals surface area contributed by atoms with Gasteiger partial charge in [0.1, 0.15) is 0 Å². The lowest BCUT2D eigenvalue weighted by Gasteiger charge is -2.10. The quantitative estimate of drug-likeness (QED) is 0.811. The van der Waals surface area contributed by atoms with Gasteiger partial charge < -0.3 is 5.73 Å². The highest BCUT2D eigenvalue weighted by Gasteiger charge is 2.18. The average molecular weight is 225 g/mol.